The second-order valence-electron chi connectivity index (χ2n) is 4.94. The summed E-state index contributed by atoms with van der Waals surface area (Å²) in [5.41, 5.74) is 2.19. The number of benzene rings is 1. The molecule has 18 heavy (non-hydrogen) atoms. The molecule has 2 rings (SSSR count). The van der Waals surface area contributed by atoms with Gasteiger partial charge >= 0.3 is 0 Å². The topological polar surface area (TPSA) is 52.9 Å². The van der Waals surface area contributed by atoms with Crippen LogP contribution in [0.15, 0.2) is 24.3 Å². The molecule has 1 fully saturated rings. The number of nitrogens with zero attached hydrogens (tertiary/aromatic N) is 1. The molecule has 0 spiro atoms. The predicted octanol–water partition coefficient (Wildman–Crippen LogP) is 2.35. The molecular weight excluding hydrogens is 224 g/mol. The monoisotopic (exact) mass is 242 g/mol. The van der Waals surface area contributed by atoms with Crippen molar-refractivity contribution in [2.75, 3.05) is 0 Å². The van der Waals surface area contributed by atoms with Crippen LogP contribution in [0.4, 0.5) is 0 Å². The lowest BCUT2D eigenvalue weighted by atomic mass is 10.0. The number of hydrogen-bond donors (Lipinski definition) is 1. The lowest BCUT2D eigenvalue weighted by molar-refractivity contribution is -0.121. The Balaban J connectivity index is 1.94. The van der Waals surface area contributed by atoms with E-state index in [9.17, 15) is 4.79 Å². The fourth-order valence-corrected chi connectivity index (χ4v) is 2.53. The average Bonchev–Trinajstić information content (AvgIpc) is 2.79. The van der Waals surface area contributed by atoms with Crippen molar-refractivity contribution in [1.29, 1.82) is 5.26 Å². The third-order valence-electron chi connectivity index (χ3n) is 3.64. The van der Waals surface area contributed by atoms with Gasteiger partial charge in [-0.1, -0.05) is 24.3 Å². The van der Waals surface area contributed by atoms with Crippen LogP contribution < -0.4 is 5.32 Å². The number of aryl methyl sites for hydroxylation is 1. The van der Waals surface area contributed by atoms with Gasteiger partial charge in [-0.05, 0) is 37.3 Å². The Morgan fingerprint density at radius 3 is 2.94 bits per heavy atom. The first kappa shape index (κ1) is 12.6. The minimum atomic E-state index is -0.00850. The first-order chi connectivity index (χ1) is 8.70. The average molecular weight is 242 g/mol. The largest absolute Gasteiger partial charge is 0.352 e. The van der Waals surface area contributed by atoms with Crippen LogP contribution in [0.2, 0.25) is 0 Å². The van der Waals surface area contributed by atoms with Crippen molar-refractivity contribution >= 4 is 5.91 Å². The molecule has 3 heteroatoms. The highest BCUT2D eigenvalue weighted by Crippen LogP contribution is 2.24. The van der Waals surface area contributed by atoms with E-state index in [0.717, 1.165) is 30.4 Å². The molecule has 1 aliphatic rings. The molecule has 1 aliphatic carbocycles. The molecule has 0 aliphatic heterocycles. The van der Waals surface area contributed by atoms with Crippen LogP contribution in [-0.4, -0.2) is 11.9 Å². The van der Waals surface area contributed by atoms with E-state index in [-0.39, 0.29) is 17.9 Å². The van der Waals surface area contributed by atoms with E-state index in [0.29, 0.717) is 6.42 Å². The van der Waals surface area contributed by atoms with E-state index in [4.69, 9.17) is 5.26 Å². The fraction of sp³-hybridized carbons (Fsp3) is 0.467. The zero-order valence-electron chi connectivity index (χ0n) is 10.6. The van der Waals surface area contributed by atoms with Crippen LogP contribution in [0.5, 0.6) is 0 Å². The maximum atomic E-state index is 12.0. The zero-order chi connectivity index (χ0) is 13.0. The van der Waals surface area contributed by atoms with Gasteiger partial charge in [0.2, 0.25) is 5.91 Å². The molecule has 0 heterocycles. The molecule has 1 saturated carbocycles. The molecule has 0 saturated heterocycles. The number of rotatable bonds is 3. The van der Waals surface area contributed by atoms with E-state index in [2.05, 4.69) is 11.4 Å². The smallest absolute Gasteiger partial charge is 0.224 e. The number of nitrogens with one attached hydrogen (secondary N) is 1. The summed E-state index contributed by atoms with van der Waals surface area (Å²) in [5.74, 6) is 0.0160. The highest BCUT2D eigenvalue weighted by molar-refractivity contribution is 5.79. The quantitative estimate of drug-likeness (QED) is 0.884. The van der Waals surface area contributed by atoms with E-state index in [1.807, 2.05) is 31.2 Å². The first-order valence-electron chi connectivity index (χ1n) is 6.44. The van der Waals surface area contributed by atoms with Crippen molar-refractivity contribution in [3.8, 4) is 6.07 Å². The van der Waals surface area contributed by atoms with Crippen molar-refractivity contribution in [3.05, 3.63) is 35.4 Å². The maximum Gasteiger partial charge on any atom is 0.224 e. The van der Waals surface area contributed by atoms with Crippen molar-refractivity contribution < 1.29 is 4.79 Å². The van der Waals surface area contributed by atoms with Gasteiger partial charge in [0.05, 0.1) is 18.4 Å². The van der Waals surface area contributed by atoms with Crippen LogP contribution in [-0.2, 0) is 11.2 Å². The van der Waals surface area contributed by atoms with Crippen LogP contribution in [0.3, 0.4) is 0 Å². The summed E-state index contributed by atoms with van der Waals surface area (Å²) >= 11 is 0. The summed E-state index contributed by atoms with van der Waals surface area (Å²) in [6.07, 6.45) is 3.28. The molecule has 1 N–H and O–H groups in total. The van der Waals surface area contributed by atoms with Crippen molar-refractivity contribution in [2.24, 2.45) is 5.92 Å². The SMILES string of the molecule is Cc1ccccc1CC(=O)NC1CCCC1C#N. The van der Waals surface area contributed by atoms with E-state index < -0.39 is 0 Å². The second kappa shape index (κ2) is 5.68. The summed E-state index contributed by atoms with van der Waals surface area (Å²) in [5, 5.41) is 12.0. The molecule has 1 aromatic carbocycles. The van der Waals surface area contributed by atoms with Crippen molar-refractivity contribution in [1.82, 2.24) is 5.32 Å². The molecule has 2 atom stereocenters. The van der Waals surface area contributed by atoms with Crippen molar-refractivity contribution in [2.45, 2.75) is 38.6 Å². The predicted molar refractivity (Wildman–Crippen MR) is 69.8 cm³/mol. The van der Waals surface area contributed by atoms with Gasteiger partial charge in [-0.2, -0.15) is 5.26 Å². The normalized spacial score (nSPS) is 22.4. The summed E-state index contributed by atoms with van der Waals surface area (Å²) in [6, 6.07) is 10.2. The Hall–Kier alpha value is -1.82. The summed E-state index contributed by atoms with van der Waals surface area (Å²) in [4.78, 5) is 12.0. The highest BCUT2D eigenvalue weighted by atomic mass is 16.1. The molecule has 1 aromatic rings. The van der Waals surface area contributed by atoms with Gasteiger partial charge in [0.1, 0.15) is 0 Å². The Kier molecular flexibility index (Phi) is 3.99. The van der Waals surface area contributed by atoms with Gasteiger partial charge in [0.25, 0.3) is 0 Å². The zero-order valence-corrected chi connectivity index (χ0v) is 10.6. The van der Waals surface area contributed by atoms with Crippen LogP contribution in [0, 0.1) is 24.2 Å². The van der Waals surface area contributed by atoms with Crippen LogP contribution in [0.25, 0.3) is 0 Å². The van der Waals surface area contributed by atoms with E-state index in [1.54, 1.807) is 0 Å². The highest BCUT2D eigenvalue weighted by Gasteiger charge is 2.28. The summed E-state index contributed by atoms with van der Waals surface area (Å²) in [6.45, 7) is 2.01. The molecule has 1 amide bonds. The molecule has 0 bridgehead atoms. The molecule has 94 valence electrons. The maximum absolute atomic E-state index is 12.0. The number of carbonyl (C=O) groups is 1. The third kappa shape index (κ3) is 2.89. The molecule has 2 unspecified atom stereocenters. The second-order valence-corrected chi connectivity index (χ2v) is 4.94. The molecule has 3 nitrogen and oxygen atoms in total. The minimum Gasteiger partial charge on any atom is -0.352 e. The number of carbonyl (C=O) groups excluding carboxylic acids is 1. The summed E-state index contributed by atoms with van der Waals surface area (Å²) in [7, 11) is 0. The van der Waals surface area contributed by atoms with Crippen molar-refractivity contribution in [3.63, 3.8) is 0 Å². The van der Waals surface area contributed by atoms with Gasteiger partial charge < -0.3 is 5.32 Å². The number of nitriles is 1. The van der Waals surface area contributed by atoms with Gasteiger partial charge in [0.15, 0.2) is 0 Å². The van der Waals surface area contributed by atoms with Crippen LogP contribution in [0.1, 0.15) is 30.4 Å². The lowest BCUT2D eigenvalue weighted by Gasteiger charge is -2.16. The molecule has 0 aromatic heterocycles. The Labute approximate surface area is 108 Å². The third-order valence-corrected chi connectivity index (χ3v) is 3.64. The lowest BCUT2D eigenvalue weighted by Crippen LogP contribution is -2.37. The van der Waals surface area contributed by atoms with E-state index in [1.165, 1.54) is 0 Å². The van der Waals surface area contributed by atoms with Gasteiger partial charge in [-0.15, -0.1) is 0 Å². The Bertz CT molecular complexity index is 476. The van der Waals surface area contributed by atoms with E-state index >= 15 is 0 Å². The molecule has 0 radical (unpaired) electrons. The Morgan fingerprint density at radius 1 is 1.44 bits per heavy atom. The summed E-state index contributed by atoms with van der Waals surface area (Å²) < 4.78 is 0. The standard InChI is InChI=1S/C15H18N2O/c1-11-5-2-3-6-12(11)9-15(18)17-14-8-4-7-13(14)10-16/h2-3,5-6,13-14H,4,7-9H2,1H3,(H,17,18). The first-order valence-corrected chi connectivity index (χ1v) is 6.44. The van der Waals surface area contributed by atoms with Crippen LogP contribution >= 0.6 is 0 Å². The number of amides is 1. The van der Waals surface area contributed by atoms with Gasteiger partial charge in [0, 0.05) is 6.04 Å². The minimum absolute atomic E-state index is 0.00850. The van der Waals surface area contributed by atoms with Gasteiger partial charge in [-0.3, -0.25) is 4.79 Å². The fourth-order valence-electron chi connectivity index (χ4n) is 2.53. The van der Waals surface area contributed by atoms with Gasteiger partial charge in [-0.25, -0.2) is 0 Å². The number of hydrogen-bond acceptors (Lipinski definition) is 2. The Morgan fingerprint density at radius 2 is 2.22 bits per heavy atom. The molecular formula is C15H18N2O.